The number of amides is 1. The van der Waals surface area contributed by atoms with Crippen molar-refractivity contribution in [1.82, 2.24) is 4.72 Å². The molecule has 0 aliphatic heterocycles. The third-order valence-corrected chi connectivity index (χ3v) is 3.69. The predicted octanol–water partition coefficient (Wildman–Crippen LogP) is 6.15. The topological polar surface area (TPSA) is 29.1 Å². The van der Waals surface area contributed by atoms with Crippen molar-refractivity contribution < 1.29 is 4.79 Å². The van der Waals surface area contributed by atoms with Gasteiger partial charge < -0.3 is 4.72 Å². The van der Waals surface area contributed by atoms with Crippen LogP contribution in [0.15, 0.2) is 24.3 Å². The van der Waals surface area contributed by atoms with E-state index in [9.17, 15) is 4.79 Å². The summed E-state index contributed by atoms with van der Waals surface area (Å²) in [6.45, 7) is 9.90. The molecule has 0 atom stereocenters. The summed E-state index contributed by atoms with van der Waals surface area (Å²) in [6.07, 6.45) is 10.8. The van der Waals surface area contributed by atoms with Crippen molar-refractivity contribution in [2.75, 3.05) is 0 Å². The number of benzene rings is 1. The average Bonchev–Trinajstić information content (AvgIpc) is 2.60. The van der Waals surface area contributed by atoms with Gasteiger partial charge in [0.15, 0.2) is 0 Å². The normalized spacial score (nSPS) is 9.13. The fourth-order valence-electron chi connectivity index (χ4n) is 2.11. The Hall–Kier alpha value is -0.960. The Morgan fingerprint density at radius 2 is 1.52 bits per heavy atom. The lowest BCUT2D eigenvalue weighted by Gasteiger charge is -2.04. The van der Waals surface area contributed by atoms with Gasteiger partial charge in [0.2, 0.25) is 5.91 Å². The zero-order valence-corrected chi connectivity index (χ0v) is 16.7. The number of rotatable bonds is 8. The van der Waals surface area contributed by atoms with E-state index in [0.29, 0.717) is 0 Å². The first kappa shape index (κ1) is 24.3. The van der Waals surface area contributed by atoms with Gasteiger partial charge in [-0.3, -0.25) is 4.79 Å². The number of unbranched alkanes of at least 4 members (excludes halogenated alkanes) is 5. The number of hydrogen-bond acceptors (Lipinski definition) is 2. The van der Waals surface area contributed by atoms with Gasteiger partial charge in [0.05, 0.1) is 0 Å². The summed E-state index contributed by atoms with van der Waals surface area (Å²) >= 11 is 3.42. The van der Waals surface area contributed by atoms with Crippen molar-refractivity contribution in [3.05, 3.63) is 35.4 Å². The highest BCUT2D eigenvalue weighted by Crippen LogP contribution is 2.11. The van der Waals surface area contributed by atoms with Crippen LogP contribution in [0.2, 0.25) is 0 Å². The first-order chi connectivity index (χ1) is 11.1. The van der Waals surface area contributed by atoms with E-state index in [1.165, 1.54) is 63.0 Å². The third-order valence-electron chi connectivity index (χ3n) is 3.38. The molecule has 1 aromatic rings. The first-order valence-corrected chi connectivity index (χ1v) is 9.57. The number of carbonyl (C=O) groups is 1. The van der Waals surface area contributed by atoms with Gasteiger partial charge in [0.25, 0.3) is 0 Å². The number of aryl methyl sites for hydroxylation is 2. The van der Waals surface area contributed by atoms with Crippen LogP contribution in [-0.2, 0) is 17.6 Å². The van der Waals surface area contributed by atoms with Gasteiger partial charge >= 0.3 is 0 Å². The van der Waals surface area contributed by atoms with E-state index < -0.39 is 0 Å². The molecule has 0 radical (unpaired) electrons. The maximum Gasteiger partial charge on any atom is 0.226 e. The second-order valence-corrected chi connectivity index (χ2v) is 5.58. The summed E-state index contributed by atoms with van der Waals surface area (Å²) in [6, 6.07) is 9.06. The molecule has 0 bridgehead atoms. The summed E-state index contributed by atoms with van der Waals surface area (Å²) in [5.74, 6) is -0.131. The highest BCUT2D eigenvalue weighted by molar-refractivity contribution is 7.78. The van der Waals surface area contributed by atoms with E-state index in [1.54, 1.807) is 0 Å². The molecule has 1 aromatic carbocycles. The maximum atomic E-state index is 9.62. The highest BCUT2D eigenvalue weighted by Gasteiger charge is 1.95. The molecule has 2 nitrogen and oxygen atoms in total. The van der Waals surface area contributed by atoms with Crippen LogP contribution in [0, 0.1) is 0 Å². The minimum absolute atomic E-state index is 0.131. The van der Waals surface area contributed by atoms with Crippen molar-refractivity contribution in [2.45, 2.75) is 86.0 Å². The fraction of sp³-hybridized carbons (Fsp3) is 0.650. The fourth-order valence-corrected chi connectivity index (χ4v) is 2.11. The van der Waals surface area contributed by atoms with Crippen LogP contribution in [0.4, 0.5) is 0 Å². The minimum Gasteiger partial charge on any atom is -0.303 e. The molecule has 3 heteroatoms. The highest BCUT2D eigenvalue weighted by atomic mass is 32.1. The smallest absolute Gasteiger partial charge is 0.226 e. The van der Waals surface area contributed by atoms with Crippen molar-refractivity contribution in [3.63, 3.8) is 0 Å². The van der Waals surface area contributed by atoms with Crippen LogP contribution in [-0.4, -0.2) is 5.91 Å². The molecular weight excluding hydrogens is 302 g/mol. The predicted molar refractivity (Wildman–Crippen MR) is 107 cm³/mol. The van der Waals surface area contributed by atoms with Crippen molar-refractivity contribution in [2.24, 2.45) is 0 Å². The van der Waals surface area contributed by atoms with Crippen LogP contribution < -0.4 is 4.72 Å². The Morgan fingerprint density at radius 1 is 1.00 bits per heavy atom. The Morgan fingerprint density at radius 3 is 2.04 bits per heavy atom. The lowest BCUT2D eigenvalue weighted by Crippen LogP contribution is -2.04. The Kier molecular flexibility index (Phi) is 20.2. The van der Waals surface area contributed by atoms with E-state index in [0.717, 1.165) is 6.42 Å². The molecule has 1 amide bonds. The number of carbonyl (C=O) groups excluding carboxylic acids is 1. The van der Waals surface area contributed by atoms with Gasteiger partial charge in [0.1, 0.15) is 0 Å². The summed E-state index contributed by atoms with van der Waals surface area (Å²) in [7, 11) is 0. The largest absolute Gasteiger partial charge is 0.303 e. The van der Waals surface area contributed by atoms with E-state index in [2.05, 4.69) is 55.6 Å². The average molecular weight is 340 g/mol. The van der Waals surface area contributed by atoms with E-state index in [4.69, 9.17) is 0 Å². The molecule has 23 heavy (non-hydrogen) atoms. The first-order valence-electron chi connectivity index (χ1n) is 9.12. The zero-order valence-electron chi connectivity index (χ0n) is 15.8. The summed E-state index contributed by atoms with van der Waals surface area (Å²) < 4.78 is 2.08. The molecule has 0 aliphatic rings. The van der Waals surface area contributed by atoms with Crippen LogP contribution in [0.3, 0.4) is 0 Å². The summed E-state index contributed by atoms with van der Waals surface area (Å²) in [4.78, 5) is 9.62. The molecule has 0 saturated heterocycles. The van der Waals surface area contributed by atoms with Gasteiger partial charge in [-0.1, -0.05) is 96.9 Å². The molecule has 0 spiro atoms. The Labute approximate surface area is 150 Å². The zero-order chi connectivity index (χ0) is 17.9. The summed E-state index contributed by atoms with van der Waals surface area (Å²) in [5.41, 5.74) is 3.00. The van der Waals surface area contributed by atoms with Crippen molar-refractivity contribution >= 4 is 18.7 Å². The van der Waals surface area contributed by atoms with Crippen LogP contribution in [0.25, 0.3) is 0 Å². The van der Waals surface area contributed by atoms with Gasteiger partial charge in [-0.2, -0.15) is 0 Å². The van der Waals surface area contributed by atoms with Gasteiger partial charge in [-0.15, -0.1) is 0 Å². The lowest BCUT2D eigenvalue weighted by atomic mass is 10.0. The van der Waals surface area contributed by atoms with Gasteiger partial charge in [0, 0.05) is 6.92 Å². The minimum atomic E-state index is -0.131. The van der Waals surface area contributed by atoms with Crippen LogP contribution in [0.5, 0.6) is 0 Å². The monoisotopic (exact) mass is 339 g/mol. The van der Waals surface area contributed by atoms with Gasteiger partial charge in [-0.05, 0) is 30.4 Å². The Balaban J connectivity index is 0. The molecular formula is C20H37NOS. The van der Waals surface area contributed by atoms with E-state index in [-0.39, 0.29) is 5.91 Å². The van der Waals surface area contributed by atoms with Crippen LogP contribution >= 0.6 is 12.8 Å². The Bertz CT molecular complexity index is 380. The van der Waals surface area contributed by atoms with Crippen LogP contribution in [0.1, 0.15) is 84.3 Å². The molecule has 0 aliphatic carbocycles. The van der Waals surface area contributed by atoms with E-state index in [1.807, 2.05) is 13.8 Å². The number of hydrogen-bond donors (Lipinski definition) is 2. The SMILES string of the molecule is CC.CC(=O)NS.CCCCCCCCc1cccc(CC)c1. The second kappa shape index (κ2) is 19.1. The lowest BCUT2D eigenvalue weighted by molar-refractivity contribution is -0.117. The number of thiol groups is 1. The van der Waals surface area contributed by atoms with E-state index >= 15 is 0 Å². The molecule has 1 N–H and O–H groups in total. The molecule has 0 unspecified atom stereocenters. The van der Waals surface area contributed by atoms with Crippen molar-refractivity contribution in [1.29, 1.82) is 0 Å². The molecule has 0 saturated carbocycles. The van der Waals surface area contributed by atoms with Gasteiger partial charge in [-0.25, -0.2) is 0 Å². The molecule has 1 rings (SSSR count). The standard InChI is InChI=1S/C16H26.C2H5NOS.C2H6/c1-3-5-6-7-8-9-11-16-13-10-12-15(4-2)14-16;1-2(4)3-5;1-2/h10,12-14H,3-9,11H2,1-2H3;5H,1H3,(H,3,4);1-2H3. The quantitative estimate of drug-likeness (QED) is 0.432. The third kappa shape index (κ3) is 17.2. The van der Waals surface area contributed by atoms with Crippen molar-refractivity contribution in [3.8, 4) is 0 Å². The maximum absolute atomic E-state index is 9.62. The molecule has 134 valence electrons. The molecule has 0 heterocycles. The number of nitrogens with one attached hydrogen (secondary N) is 1. The molecule has 0 aromatic heterocycles. The second-order valence-electron chi connectivity index (χ2n) is 5.36. The summed E-state index contributed by atoms with van der Waals surface area (Å²) in [5, 5.41) is 0. The molecule has 0 fully saturated rings.